The van der Waals surface area contributed by atoms with Gasteiger partial charge in [0.25, 0.3) is 5.91 Å². The largest absolute Gasteiger partial charge is 0.335 e. The molecule has 0 aliphatic carbocycles. The van der Waals surface area contributed by atoms with Crippen LogP contribution >= 0.6 is 22.9 Å². The Hall–Kier alpha value is -2.40. The number of benzene rings is 2. The Labute approximate surface area is 193 Å². The summed E-state index contributed by atoms with van der Waals surface area (Å²) < 4.78 is 54.0. The molecule has 168 valence electrons. The summed E-state index contributed by atoms with van der Waals surface area (Å²) in [4.78, 5) is 18.8. The van der Waals surface area contributed by atoms with Crippen molar-refractivity contribution in [2.24, 2.45) is 0 Å². The van der Waals surface area contributed by atoms with Crippen LogP contribution in [0.5, 0.6) is 0 Å². The highest BCUT2D eigenvalue weighted by molar-refractivity contribution is 7.89. The number of aromatic nitrogens is 1. The standard InChI is InChI=1S/C21H18ClF2N3O3S2/c1-13-19(31-20(25-13)14-2-4-15(22)5-3-14)21(28)26-8-10-27(11-9-26)32(29,30)18-12-16(23)6-7-17(18)24/h2-7,12H,8-11H2,1H3. The maximum atomic E-state index is 14.0. The fraction of sp³-hybridized carbons (Fsp3) is 0.238. The summed E-state index contributed by atoms with van der Waals surface area (Å²) in [6.07, 6.45) is 0. The highest BCUT2D eigenvalue weighted by Gasteiger charge is 2.33. The van der Waals surface area contributed by atoms with Gasteiger partial charge in [-0.15, -0.1) is 11.3 Å². The fourth-order valence-electron chi connectivity index (χ4n) is 3.40. The van der Waals surface area contributed by atoms with Crippen LogP contribution in [0.1, 0.15) is 15.4 Å². The molecule has 0 radical (unpaired) electrons. The SMILES string of the molecule is Cc1nc(-c2ccc(Cl)cc2)sc1C(=O)N1CCN(S(=O)(=O)c2cc(F)ccc2F)CC1. The highest BCUT2D eigenvalue weighted by atomic mass is 35.5. The van der Waals surface area contributed by atoms with E-state index in [-0.39, 0.29) is 32.1 Å². The molecular weight excluding hydrogens is 480 g/mol. The molecule has 2 heterocycles. The molecule has 1 aromatic heterocycles. The third-order valence-corrected chi connectivity index (χ3v) is 8.48. The lowest BCUT2D eigenvalue weighted by molar-refractivity contribution is 0.0701. The Morgan fingerprint density at radius 3 is 2.38 bits per heavy atom. The third-order valence-electron chi connectivity index (χ3n) is 5.12. The van der Waals surface area contributed by atoms with Crippen LogP contribution in [-0.2, 0) is 10.0 Å². The number of thiazole rings is 1. The van der Waals surface area contributed by atoms with E-state index in [9.17, 15) is 22.0 Å². The van der Waals surface area contributed by atoms with Gasteiger partial charge >= 0.3 is 0 Å². The van der Waals surface area contributed by atoms with Gasteiger partial charge in [0.05, 0.1) is 5.69 Å². The van der Waals surface area contributed by atoms with Crippen LogP contribution in [0.4, 0.5) is 8.78 Å². The first-order chi connectivity index (χ1) is 15.2. The lowest BCUT2D eigenvalue weighted by Crippen LogP contribution is -2.50. The first kappa shape index (κ1) is 22.8. The van der Waals surface area contributed by atoms with Gasteiger partial charge < -0.3 is 4.90 Å². The van der Waals surface area contributed by atoms with Gasteiger partial charge in [0, 0.05) is 36.8 Å². The summed E-state index contributed by atoms with van der Waals surface area (Å²) in [6.45, 7) is 1.96. The number of aryl methyl sites for hydroxylation is 1. The molecule has 1 fully saturated rings. The molecule has 4 rings (SSSR count). The molecule has 1 aliphatic rings. The average Bonchev–Trinajstić information content (AvgIpc) is 3.17. The lowest BCUT2D eigenvalue weighted by atomic mass is 10.2. The molecule has 0 bridgehead atoms. The van der Waals surface area contributed by atoms with Crippen LogP contribution in [0, 0.1) is 18.6 Å². The van der Waals surface area contributed by atoms with Crippen molar-refractivity contribution in [3.05, 3.63) is 69.7 Å². The van der Waals surface area contributed by atoms with Crippen LogP contribution < -0.4 is 0 Å². The molecule has 32 heavy (non-hydrogen) atoms. The number of sulfonamides is 1. The summed E-state index contributed by atoms with van der Waals surface area (Å²) in [6, 6.07) is 9.45. The zero-order valence-electron chi connectivity index (χ0n) is 16.9. The minimum atomic E-state index is -4.21. The second-order valence-electron chi connectivity index (χ2n) is 7.21. The molecule has 1 aliphatic heterocycles. The van der Waals surface area contributed by atoms with Gasteiger partial charge in [-0.3, -0.25) is 4.79 Å². The zero-order chi connectivity index (χ0) is 23.0. The highest BCUT2D eigenvalue weighted by Crippen LogP contribution is 2.30. The molecule has 6 nitrogen and oxygen atoms in total. The summed E-state index contributed by atoms with van der Waals surface area (Å²) in [5.41, 5.74) is 1.43. The van der Waals surface area contributed by atoms with Crippen molar-refractivity contribution in [1.82, 2.24) is 14.2 Å². The van der Waals surface area contributed by atoms with Gasteiger partial charge in [-0.05, 0) is 37.3 Å². The molecule has 0 atom stereocenters. The quantitative estimate of drug-likeness (QED) is 0.541. The van der Waals surface area contributed by atoms with E-state index >= 15 is 0 Å². The minimum absolute atomic E-state index is 0.0219. The summed E-state index contributed by atoms with van der Waals surface area (Å²) in [7, 11) is -4.21. The Bertz CT molecular complexity index is 1270. The van der Waals surface area contributed by atoms with Crippen LogP contribution in [0.3, 0.4) is 0 Å². The van der Waals surface area contributed by atoms with E-state index in [2.05, 4.69) is 4.98 Å². The second-order valence-corrected chi connectivity index (χ2v) is 10.6. The Morgan fingerprint density at radius 2 is 1.72 bits per heavy atom. The number of hydrogen-bond acceptors (Lipinski definition) is 5. The van der Waals surface area contributed by atoms with E-state index < -0.39 is 26.6 Å². The molecule has 11 heteroatoms. The Kier molecular flexibility index (Phi) is 6.30. The number of amides is 1. The van der Waals surface area contributed by atoms with Gasteiger partial charge in [0.1, 0.15) is 26.4 Å². The maximum Gasteiger partial charge on any atom is 0.265 e. The van der Waals surface area contributed by atoms with Gasteiger partial charge in [-0.2, -0.15) is 4.31 Å². The molecule has 1 saturated heterocycles. The number of nitrogens with zero attached hydrogens (tertiary/aromatic N) is 3. The van der Waals surface area contributed by atoms with E-state index in [4.69, 9.17) is 11.6 Å². The van der Waals surface area contributed by atoms with E-state index in [0.717, 1.165) is 22.0 Å². The minimum Gasteiger partial charge on any atom is -0.335 e. The van der Waals surface area contributed by atoms with Gasteiger partial charge in [-0.1, -0.05) is 23.7 Å². The second kappa shape index (κ2) is 8.86. The van der Waals surface area contributed by atoms with E-state index in [1.807, 2.05) is 12.1 Å². The number of rotatable bonds is 4. The first-order valence-corrected chi connectivity index (χ1v) is 12.3. The Morgan fingerprint density at radius 1 is 1.06 bits per heavy atom. The third kappa shape index (κ3) is 4.40. The molecule has 1 amide bonds. The van der Waals surface area contributed by atoms with Crippen molar-refractivity contribution in [2.45, 2.75) is 11.8 Å². The van der Waals surface area contributed by atoms with Crippen molar-refractivity contribution in [3.63, 3.8) is 0 Å². The first-order valence-electron chi connectivity index (χ1n) is 9.64. The van der Waals surface area contributed by atoms with Gasteiger partial charge in [-0.25, -0.2) is 22.2 Å². The zero-order valence-corrected chi connectivity index (χ0v) is 19.3. The maximum absolute atomic E-state index is 14.0. The normalized spacial score (nSPS) is 15.2. The number of carbonyl (C=O) groups is 1. The van der Waals surface area contributed by atoms with Crippen molar-refractivity contribution < 1.29 is 22.0 Å². The smallest absolute Gasteiger partial charge is 0.265 e. The number of halogens is 3. The molecule has 2 aromatic carbocycles. The predicted octanol–water partition coefficient (Wildman–Crippen LogP) is 4.20. The van der Waals surface area contributed by atoms with Gasteiger partial charge in [0.2, 0.25) is 10.0 Å². The summed E-state index contributed by atoms with van der Waals surface area (Å²) in [5.74, 6) is -2.09. The van der Waals surface area contributed by atoms with Crippen molar-refractivity contribution >= 4 is 38.9 Å². The van der Waals surface area contributed by atoms with Gasteiger partial charge in [0.15, 0.2) is 0 Å². The molecule has 0 unspecified atom stereocenters. The lowest BCUT2D eigenvalue weighted by Gasteiger charge is -2.33. The predicted molar refractivity (Wildman–Crippen MR) is 118 cm³/mol. The van der Waals surface area contributed by atoms with Crippen LogP contribution in [0.25, 0.3) is 10.6 Å². The van der Waals surface area contributed by atoms with Crippen molar-refractivity contribution in [1.29, 1.82) is 0 Å². The molecule has 0 spiro atoms. The summed E-state index contributed by atoms with van der Waals surface area (Å²) in [5, 5.41) is 1.29. The molecule has 3 aromatic rings. The molecule has 0 saturated carbocycles. The van der Waals surface area contributed by atoms with Crippen LogP contribution in [0.15, 0.2) is 47.4 Å². The Balaban J connectivity index is 1.48. The van der Waals surface area contributed by atoms with E-state index in [1.54, 1.807) is 24.0 Å². The topological polar surface area (TPSA) is 70.6 Å². The van der Waals surface area contributed by atoms with Crippen LogP contribution in [0.2, 0.25) is 5.02 Å². The number of hydrogen-bond donors (Lipinski definition) is 0. The molecule has 0 N–H and O–H groups in total. The average molecular weight is 498 g/mol. The van der Waals surface area contributed by atoms with E-state index in [1.165, 1.54) is 11.3 Å². The van der Waals surface area contributed by atoms with Crippen molar-refractivity contribution in [3.8, 4) is 10.6 Å². The fourth-order valence-corrected chi connectivity index (χ4v) is 6.06. The van der Waals surface area contributed by atoms with Crippen LogP contribution in [-0.4, -0.2) is 54.7 Å². The number of piperazine rings is 1. The monoisotopic (exact) mass is 497 g/mol. The summed E-state index contributed by atoms with van der Waals surface area (Å²) >= 11 is 7.18. The molecular formula is C21H18ClF2N3O3S2. The van der Waals surface area contributed by atoms with Crippen molar-refractivity contribution in [2.75, 3.05) is 26.2 Å². The number of carbonyl (C=O) groups excluding carboxylic acids is 1. The van der Waals surface area contributed by atoms with E-state index in [0.29, 0.717) is 26.7 Å².